The van der Waals surface area contributed by atoms with Crippen molar-refractivity contribution in [1.82, 2.24) is 4.98 Å². The second kappa shape index (κ2) is 6.95. The number of benzene rings is 1. The topological polar surface area (TPSA) is 43.4 Å². The SMILES string of the molecule is CCOCCCNc1nccc2ccc(OC)cc12. The summed E-state index contributed by atoms with van der Waals surface area (Å²) in [5.74, 6) is 1.74. The summed E-state index contributed by atoms with van der Waals surface area (Å²) in [6.07, 6.45) is 2.79. The third kappa shape index (κ3) is 3.58. The number of hydrogen-bond donors (Lipinski definition) is 1. The summed E-state index contributed by atoms with van der Waals surface area (Å²) >= 11 is 0. The zero-order valence-electron chi connectivity index (χ0n) is 11.5. The molecule has 0 unspecified atom stereocenters. The van der Waals surface area contributed by atoms with E-state index >= 15 is 0 Å². The lowest BCUT2D eigenvalue weighted by molar-refractivity contribution is 0.147. The van der Waals surface area contributed by atoms with Crippen LogP contribution in [0.1, 0.15) is 13.3 Å². The Balaban J connectivity index is 2.08. The van der Waals surface area contributed by atoms with Gasteiger partial charge >= 0.3 is 0 Å². The van der Waals surface area contributed by atoms with Crippen LogP contribution in [0.2, 0.25) is 0 Å². The van der Waals surface area contributed by atoms with Gasteiger partial charge in [0.25, 0.3) is 0 Å². The number of pyridine rings is 1. The number of ether oxygens (including phenoxy) is 2. The monoisotopic (exact) mass is 260 g/mol. The van der Waals surface area contributed by atoms with Crippen molar-refractivity contribution in [1.29, 1.82) is 0 Å². The van der Waals surface area contributed by atoms with Crippen LogP contribution in [0.4, 0.5) is 5.82 Å². The Hall–Kier alpha value is -1.81. The lowest BCUT2D eigenvalue weighted by atomic mass is 10.1. The molecule has 2 aromatic rings. The van der Waals surface area contributed by atoms with Crippen LogP contribution in [0.25, 0.3) is 10.8 Å². The second-order valence-electron chi connectivity index (χ2n) is 4.22. The minimum absolute atomic E-state index is 0.768. The molecule has 1 aromatic carbocycles. The highest BCUT2D eigenvalue weighted by atomic mass is 16.5. The fourth-order valence-corrected chi connectivity index (χ4v) is 1.94. The third-order valence-corrected chi connectivity index (χ3v) is 2.94. The maximum absolute atomic E-state index is 5.32. The van der Waals surface area contributed by atoms with Crippen molar-refractivity contribution >= 4 is 16.6 Å². The Morgan fingerprint density at radius 1 is 1.26 bits per heavy atom. The van der Waals surface area contributed by atoms with Crippen molar-refractivity contribution in [2.45, 2.75) is 13.3 Å². The van der Waals surface area contributed by atoms with Crippen LogP contribution in [-0.4, -0.2) is 31.9 Å². The number of nitrogens with one attached hydrogen (secondary N) is 1. The molecule has 1 heterocycles. The largest absolute Gasteiger partial charge is 0.497 e. The normalized spacial score (nSPS) is 10.6. The first-order valence-corrected chi connectivity index (χ1v) is 6.59. The molecule has 0 saturated carbocycles. The van der Waals surface area contributed by atoms with Crippen LogP contribution in [0.3, 0.4) is 0 Å². The van der Waals surface area contributed by atoms with E-state index in [0.717, 1.165) is 48.5 Å². The molecular weight excluding hydrogens is 240 g/mol. The summed E-state index contributed by atoms with van der Waals surface area (Å²) < 4.78 is 10.6. The van der Waals surface area contributed by atoms with E-state index in [2.05, 4.69) is 10.3 Å². The number of hydrogen-bond acceptors (Lipinski definition) is 4. The number of anilines is 1. The van der Waals surface area contributed by atoms with Crippen molar-refractivity contribution < 1.29 is 9.47 Å². The van der Waals surface area contributed by atoms with Crippen LogP contribution in [0.15, 0.2) is 30.5 Å². The molecule has 4 nitrogen and oxygen atoms in total. The van der Waals surface area contributed by atoms with Crippen LogP contribution in [0, 0.1) is 0 Å². The molecule has 0 aliphatic carbocycles. The van der Waals surface area contributed by atoms with Crippen LogP contribution in [-0.2, 0) is 4.74 Å². The quantitative estimate of drug-likeness (QED) is 0.777. The van der Waals surface area contributed by atoms with Gasteiger partial charge in [0.15, 0.2) is 0 Å². The lowest BCUT2D eigenvalue weighted by Crippen LogP contribution is -2.07. The Bertz CT molecular complexity index is 529. The smallest absolute Gasteiger partial charge is 0.133 e. The number of fused-ring (bicyclic) bond motifs is 1. The van der Waals surface area contributed by atoms with E-state index in [-0.39, 0.29) is 0 Å². The highest BCUT2D eigenvalue weighted by Gasteiger charge is 2.03. The Labute approximate surface area is 113 Å². The van der Waals surface area contributed by atoms with E-state index < -0.39 is 0 Å². The van der Waals surface area contributed by atoms with Gasteiger partial charge < -0.3 is 14.8 Å². The van der Waals surface area contributed by atoms with Crippen LogP contribution in [0.5, 0.6) is 5.75 Å². The van der Waals surface area contributed by atoms with Gasteiger partial charge in [-0.05, 0) is 36.9 Å². The molecule has 0 saturated heterocycles. The maximum atomic E-state index is 5.32. The van der Waals surface area contributed by atoms with Crippen LogP contribution >= 0.6 is 0 Å². The first-order valence-electron chi connectivity index (χ1n) is 6.59. The third-order valence-electron chi connectivity index (χ3n) is 2.94. The van der Waals surface area contributed by atoms with Crippen molar-refractivity contribution in [3.8, 4) is 5.75 Å². The molecule has 0 amide bonds. The highest BCUT2D eigenvalue weighted by Crippen LogP contribution is 2.25. The van der Waals surface area contributed by atoms with E-state index in [4.69, 9.17) is 9.47 Å². The molecule has 0 bridgehead atoms. The van der Waals surface area contributed by atoms with Crippen LogP contribution < -0.4 is 10.1 Å². The first-order chi connectivity index (χ1) is 9.35. The van der Waals surface area contributed by atoms with E-state index in [9.17, 15) is 0 Å². The number of methoxy groups -OCH3 is 1. The highest BCUT2D eigenvalue weighted by molar-refractivity contribution is 5.92. The molecule has 0 aliphatic heterocycles. The van der Waals surface area contributed by atoms with Crippen molar-refractivity contribution in [3.63, 3.8) is 0 Å². The molecule has 0 aliphatic rings. The van der Waals surface area contributed by atoms with Crippen molar-refractivity contribution in [3.05, 3.63) is 30.5 Å². The van der Waals surface area contributed by atoms with Gasteiger partial charge in [0.1, 0.15) is 11.6 Å². The Morgan fingerprint density at radius 3 is 2.95 bits per heavy atom. The average molecular weight is 260 g/mol. The van der Waals surface area contributed by atoms with E-state index in [0.29, 0.717) is 0 Å². The number of aromatic nitrogens is 1. The van der Waals surface area contributed by atoms with Crippen molar-refractivity contribution in [2.24, 2.45) is 0 Å². The standard InChI is InChI=1S/C15H20N2O2/c1-3-19-10-4-8-16-15-14-11-13(18-2)6-5-12(14)7-9-17-15/h5-7,9,11H,3-4,8,10H2,1-2H3,(H,16,17). The van der Waals surface area contributed by atoms with Gasteiger partial charge in [-0.25, -0.2) is 4.98 Å². The fraction of sp³-hybridized carbons (Fsp3) is 0.400. The molecular formula is C15H20N2O2. The van der Waals surface area contributed by atoms with Gasteiger partial charge in [-0.15, -0.1) is 0 Å². The Kier molecular flexibility index (Phi) is 4.98. The Morgan fingerprint density at radius 2 is 2.16 bits per heavy atom. The molecule has 1 aromatic heterocycles. The average Bonchev–Trinajstić information content (AvgIpc) is 2.46. The summed E-state index contributed by atoms with van der Waals surface area (Å²) in [6.45, 7) is 4.40. The predicted octanol–water partition coefficient (Wildman–Crippen LogP) is 3.08. The molecule has 0 spiro atoms. The zero-order valence-corrected chi connectivity index (χ0v) is 11.5. The summed E-state index contributed by atoms with van der Waals surface area (Å²) in [5.41, 5.74) is 0. The fourth-order valence-electron chi connectivity index (χ4n) is 1.94. The van der Waals surface area contributed by atoms with E-state index in [1.165, 1.54) is 0 Å². The lowest BCUT2D eigenvalue weighted by Gasteiger charge is -2.09. The second-order valence-corrected chi connectivity index (χ2v) is 4.22. The van der Waals surface area contributed by atoms with Gasteiger partial charge in [-0.2, -0.15) is 0 Å². The molecule has 2 rings (SSSR count). The number of nitrogens with zero attached hydrogens (tertiary/aromatic N) is 1. The molecule has 1 N–H and O–H groups in total. The van der Waals surface area contributed by atoms with Gasteiger partial charge in [-0.3, -0.25) is 0 Å². The summed E-state index contributed by atoms with van der Waals surface area (Å²) in [4.78, 5) is 4.39. The maximum Gasteiger partial charge on any atom is 0.133 e. The zero-order chi connectivity index (χ0) is 13.5. The summed E-state index contributed by atoms with van der Waals surface area (Å²) in [6, 6.07) is 8.01. The molecule has 0 fully saturated rings. The summed E-state index contributed by atoms with van der Waals surface area (Å²) in [7, 11) is 1.67. The van der Waals surface area contributed by atoms with Gasteiger partial charge in [0, 0.05) is 31.3 Å². The molecule has 0 atom stereocenters. The molecule has 0 radical (unpaired) electrons. The van der Waals surface area contributed by atoms with Crippen molar-refractivity contribution in [2.75, 3.05) is 32.2 Å². The van der Waals surface area contributed by atoms with E-state index in [1.807, 2.05) is 37.4 Å². The first kappa shape index (κ1) is 13.6. The molecule has 4 heteroatoms. The molecule has 19 heavy (non-hydrogen) atoms. The molecule has 102 valence electrons. The number of rotatable bonds is 7. The van der Waals surface area contributed by atoms with Gasteiger partial charge in [0.05, 0.1) is 7.11 Å². The minimum Gasteiger partial charge on any atom is -0.497 e. The minimum atomic E-state index is 0.768. The van der Waals surface area contributed by atoms with Gasteiger partial charge in [0.2, 0.25) is 0 Å². The predicted molar refractivity (Wildman–Crippen MR) is 77.9 cm³/mol. The summed E-state index contributed by atoms with van der Waals surface area (Å²) in [5, 5.41) is 5.59. The van der Waals surface area contributed by atoms with Gasteiger partial charge in [-0.1, -0.05) is 6.07 Å². The van der Waals surface area contributed by atoms with E-state index in [1.54, 1.807) is 7.11 Å².